The minimum Gasteiger partial charge on any atom is -0.298 e. The van der Waals surface area contributed by atoms with E-state index in [1.54, 1.807) is 0 Å². The summed E-state index contributed by atoms with van der Waals surface area (Å²) in [6.07, 6.45) is 1.56. The van der Waals surface area contributed by atoms with E-state index < -0.39 is 5.82 Å². The first-order valence-electron chi connectivity index (χ1n) is 2.61. The van der Waals surface area contributed by atoms with Gasteiger partial charge in [-0.05, 0) is 15.9 Å². The summed E-state index contributed by atoms with van der Waals surface area (Å²) in [5.41, 5.74) is -0.173. The molecule has 58 valence electrons. The Morgan fingerprint density at radius 2 is 2.36 bits per heavy atom. The fourth-order valence-corrected chi connectivity index (χ4v) is 1.06. The summed E-state index contributed by atoms with van der Waals surface area (Å²) in [5.74, 6) is -0.729. The van der Waals surface area contributed by atoms with Crippen molar-refractivity contribution in [2.45, 2.75) is 0 Å². The number of carbonyl (C=O) groups excluding carboxylic acids is 1. The number of hydrogen-bond acceptors (Lipinski definition) is 2. The van der Waals surface area contributed by atoms with Crippen LogP contribution in [0.1, 0.15) is 10.4 Å². The van der Waals surface area contributed by atoms with Crippen LogP contribution in [0.2, 0.25) is 5.02 Å². The summed E-state index contributed by atoms with van der Waals surface area (Å²) in [5, 5.41) is 0.0145. The van der Waals surface area contributed by atoms with Crippen molar-refractivity contribution in [1.29, 1.82) is 0 Å². The van der Waals surface area contributed by atoms with E-state index in [9.17, 15) is 9.18 Å². The number of halogens is 3. The molecule has 11 heavy (non-hydrogen) atoms. The fourth-order valence-electron chi connectivity index (χ4n) is 0.564. The van der Waals surface area contributed by atoms with Crippen molar-refractivity contribution in [3.8, 4) is 0 Å². The zero-order chi connectivity index (χ0) is 8.43. The number of carbonyl (C=O) groups is 1. The van der Waals surface area contributed by atoms with Gasteiger partial charge in [-0.15, -0.1) is 0 Å². The van der Waals surface area contributed by atoms with Gasteiger partial charge in [0.1, 0.15) is 4.60 Å². The van der Waals surface area contributed by atoms with Crippen molar-refractivity contribution in [2.24, 2.45) is 0 Å². The highest BCUT2D eigenvalue weighted by Gasteiger charge is 2.10. The van der Waals surface area contributed by atoms with Crippen molar-refractivity contribution >= 4 is 33.8 Å². The molecule has 0 aliphatic carbocycles. The minimum atomic E-state index is -0.729. The predicted octanol–water partition coefficient (Wildman–Crippen LogP) is 2.45. The Kier molecular flexibility index (Phi) is 2.57. The standard InChI is InChI=1S/C6H2BrClFNO/c7-6-5(9)3(2-11)4(8)1-10-6/h1-2H. The van der Waals surface area contributed by atoms with E-state index >= 15 is 0 Å². The molecule has 0 atom stereocenters. The molecule has 0 fully saturated rings. The van der Waals surface area contributed by atoms with Gasteiger partial charge in [-0.3, -0.25) is 4.79 Å². The van der Waals surface area contributed by atoms with Crippen LogP contribution in [0.3, 0.4) is 0 Å². The van der Waals surface area contributed by atoms with E-state index in [1.807, 2.05) is 0 Å². The van der Waals surface area contributed by atoms with Crippen LogP contribution < -0.4 is 0 Å². The van der Waals surface area contributed by atoms with Gasteiger partial charge in [0.2, 0.25) is 0 Å². The maximum Gasteiger partial charge on any atom is 0.167 e. The highest BCUT2D eigenvalue weighted by molar-refractivity contribution is 9.10. The normalized spacial score (nSPS) is 9.73. The van der Waals surface area contributed by atoms with E-state index in [0.29, 0.717) is 6.29 Å². The van der Waals surface area contributed by atoms with Crippen LogP contribution in [0.4, 0.5) is 4.39 Å². The zero-order valence-corrected chi connectivity index (χ0v) is 7.49. The molecule has 0 spiro atoms. The topological polar surface area (TPSA) is 30.0 Å². The molecule has 1 aromatic heterocycles. The van der Waals surface area contributed by atoms with Gasteiger partial charge in [-0.25, -0.2) is 9.37 Å². The Bertz CT molecular complexity index is 305. The largest absolute Gasteiger partial charge is 0.298 e. The van der Waals surface area contributed by atoms with Crippen LogP contribution in [0.5, 0.6) is 0 Å². The predicted molar refractivity (Wildman–Crippen MR) is 42.3 cm³/mol. The van der Waals surface area contributed by atoms with Crippen LogP contribution in [-0.4, -0.2) is 11.3 Å². The molecule has 5 heteroatoms. The molecule has 0 aliphatic rings. The van der Waals surface area contributed by atoms with Crippen LogP contribution in [0, 0.1) is 5.82 Å². The second-order valence-electron chi connectivity index (χ2n) is 1.74. The monoisotopic (exact) mass is 237 g/mol. The Morgan fingerprint density at radius 3 is 2.82 bits per heavy atom. The van der Waals surface area contributed by atoms with Crippen molar-refractivity contribution in [3.63, 3.8) is 0 Å². The third kappa shape index (κ3) is 1.57. The van der Waals surface area contributed by atoms with Crippen LogP contribution in [-0.2, 0) is 0 Å². The van der Waals surface area contributed by atoms with Gasteiger partial charge in [0.05, 0.1) is 10.6 Å². The van der Waals surface area contributed by atoms with E-state index in [0.717, 1.165) is 0 Å². The van der Waals surface area contributed by atoms with E-state index in [-0.39, 0.29) is 15.2 Å². The molecule has 0 radical (unpaired) electrons. The zero-order valence-electron chi connectivity index (χ0n) is 5.14. The minimum absolute atomic E-state index is 0.0102. The summed E-state index contributed by atoms with van der Waals surface area (Å²) in [6.45, 7) is 0. The van der Waals surface area contributed by atoms with Crippen LogP contribution in [0.25, 0.3) is 0 Å². The van der Waals surface area contributed by atoms with E-state index in [1.165, 1.54) is 6.20 Å². The molecule has 2 nitrogen and oxygen atoms in total. The lowest BCUT2D eigenvalue weighted by atomic mass is 10.3. The molecule has 1 rings (SSSR count). The first kappa shape index (κ1) is 8.62. The number of aldehydes is 1. The van der Waals surface area contributed by atoms with Crippen LogP contribution in [0.15, 0.2) is 10.8 Å². The molecule has 0 saturated heterocycles. The molecule has 0 N–H and O–H groups in total. The smallest absolute Gasteiger partial charge is 0.167 e. The summed E-state index contributed by atoms with van der Waals surface area (Å²) in [6, 6.07) is 0. The average Bonchev–Trinajstić information content (AvgIpc) is 1.99. The third-order valence-corrected chi connectivity index (χ3v) is 1.94. The van der Waals surface area contributed by atoms with Crippen molar-refractivity contribution < 1.29 is 9.18 Å². The Labute approximate surface area is 75.5 Å². The summed E-state index contributed by atoms with van der Waals surface area (Å²) >= 11 is 8.26. The molecule has 0 aromatic carbocycles. The first-order valence-corrected chi connectivity index (χ1v) is 3.78. The number of pyridine rings is 1. The van der Waals surface area contributed by atoms with Crippen molar-refractivity contribution in [2.75, 3.05) is 0 Å². The Hall–Kier alpha value is -0.480. The second-order valence-corrected chi connectivity index (χ2v) is 2.90. The van der Waals surface area contributed by atoms with Gasteiger partial charge in [0.15, 0.2) is 12.1 Å². The highest BCUT2D eigenvalue weighted by Crippen LogP contribution is 2.21. The average molecular weight is 238 g/mol. The van der Waals surface area contributed by atoms with Gasteiger partial charge in [0, 0.05) is 6.20 Å². The van der Waals surface area contributed by atoms with E-state index in [2.05, 4.69) is 20.9 Å². The molecule has 0 bridgehead atoms. The first-order chi connectivity index (χ1) is 5.16. The summed E-state index contributed by atoms with van der Waals surface area (Å²) in [4.78, 5) is 13.8. The van der Waals surface area contributed by atoms with Gasteiger partial charge in [0.25, 0.3) is 0 Å². The van der Waals surface area contributed by atoms with Crippen molar-refractivity contribution in [1.82, 2.24) is 4.98 Å². The molecule has 1 aromatic rings. The lowest BCUT2D eigenvalue weighted by molar-refractivity contribution is 0.111. The van der Waals surface area contributed by atoms with E-state index in [4.69, 9.17) is 11.6 Å². The summed E-state index contributed by atoms with van der Waals surface area (Å²) < 4.78 is 12.8. The molecular formula is C6H2BrClFNO. The van der Waals surface area contributed by atoms with Crippen LogP contribution >= 0.6 is 27.5 Å². The fraction of sp³-hybridized carbons (Fsp3) is 0. The molecule has 1 heterocycles. The molecule has 0 unspecified atom stereocenters. The quantitative estimate of drug-likeness (QED) is 0.556. The van der Waals surface area contributed by atoms with Gasteiger partial charge >= 0.3 is 0 Å². The number of nitrogens with zero attached hydrogens (tertiary/aromatic N) is 1. The summed E-state index contributed by atoms with van der Waals surface area (Å²) in [7, 11) is 0. The number of aromatic nitrogens is 1. The van der Waals surface area contributed by atoms with Gasteiger partial charge < -0.3 is 0 Å². The lowest BCUT2D eigenvalue weighted by Crippen LogP contribution is -1.92. The lowest BCUT2D eigenvalue weighted by Gasteiger charge is -1.97. The van der Waals surface area contributed by atoms with Crippen molar-refractivity contribution in [3.05, 3.63) is 27.2 Å². The number of hydrogen-bond donors (Lipinski definition) is 0. The molecule has 0 saturated carbocycles. The third-order valence-electron chi connectivity index (χ3n) is 1.08. The SMILES string of the molecule is O=Cc1c(Cl)cnc(Br)c1F. The second kappa shape index (κ2) is 3.28. The molecular weight excluding hydrogens is 236 g/mol. The van der Waals surface area contributed by atoms with Gasteiger partial charge in [-0.1, -0.05) is 11.6 Å². The highest BCUT2D eigenvalue weighted by atomic mass is 79.9. The maximum atomic E-state index is 12.8. The molecule has 0 aliphatic heterocycles. The number of rotatable bonds is 1. The maximum absolute atomic E-state index is 12.8. The Balaban J connectivity index is 3.40. The Morgan fingerprint density at radius 1 is 1.73 bits per heavy atom. The molecule has 0 amide bonds. The van der Waals surface area contributed by atoms with Gasteiger partial charge in [-0.2, -0.15) is 0 Å².